The highest BCUT2D eigenvalue weighted by atomic mass is 16.6. The van der Waals surface area contributed by atoms with Gasteiger partial charge in [0.15, 0.2) is 5.69 Å². The van der Waals surface area contributed by atoms with Gasteiger partial charge in [0.05, 0.1) is 0 Å². The van der Waals surface area contributed by atoms with Gasteiger partial charge in [0, 0.05) is 18.7 Å². The van der Waals surface area contributed by atoms with Gasteiger partial charge in [-0.2, -0.15) is 0 Å². The zero-order valence-electron chi connectivity index (χ0n) is 9.64. The van der Waals surface area contributed by atoms with Crippen LogP contribution in [0.2, 0.25) is 0 Å². The molecule has 0 bridgehead atoms. The molecule has 0 aliphatic rings. The molecule has 0 fully saturated rings. The summed E-state index contributed by atoms with van der Waals surface area (Å²) >= 11 is 0. The van der Waals surface area contributed by atoms with Gasteiger partial charge in [-0.15, -0.1) is 0 Å². The molecule has 17 heavy (non-hydrogen) atoms. The average Bonchev–Trinajstić information content (AvgIpc) is 2.77. The van der Waals surface area contributed by atoms with Crippen LogP contribution in [-0.2, 0) is 0 Å². The van der Waals surface area contributed by atoms with E-state index in [1.54, 1.807) is 13.8 Å². The molecule has 0 aromatic carbocycles. The second-order valence-electron chi connectivity index (χ2n) is 3.94. The number of nitrogens with zero attached hydrogens (tertiary/aromatic N) is 1. The molecular weight excluding hydrogens is 226 g/mol. The monoisotopic (exact) mass is 241 g/mol. The number of amides is 1. The van der Waals surface area contributed by atoms with Crippen molar-refractivity contribution < 1.29 is 14.8 Å². The Morgan fingerprint density at radius 1 is 1.59 bits per heavy atom. The Morgan fingerprint density at radius 3 is 2.71 bits per heavy atom. The lowest BCUT2D eigenvalue weighted by Crippen LogP contribution is -2.38. The summed E-state index contributed by atoms with van der Waals surface area (Å²) in [5.74, 6) is -0.729. The van der Waals surface area contributed by atoms with Gasteiger partial charge in [-0.1, -0.05) is 6.92 Å². The third kappa shape index (κ3) is 3.28. The van der Waals surface area contributed by atoms with Crippen molar-refractivity contribution in [2.24, 2.45) is 5.92 Å². The fourth-order valence-electron chi connectivity index (χ4n) is 1.21. The smallest absolute Gasteiger partial charge is 0.321 e. The number of aromatic nitrogens is 1. The number of aromatic amines is 1. The summed E-state index contributed by atoms with van der Waals surface area (Å²) in [7, 11) is 0. The summed E-state index contributed by atoms with van der Waals surface area (Å²) < 4.78 is 0. The zero-order valence-corrected chi connectivity index (χ0v) is 9.64. The average molecular weight is 241 g/mol. The second-order valence-corrected chi connectivity index (χ2v) is 3.94. The van der Waals surface area contributed by atoms with Crippen LogP contribution in [0.5, 0.6) is 0 Å². The molecule has 2 atom stereocenters. The highest BCUT2D eigenvalue weighted by molar-refractivity contribution is 5.93. The quantitative estimate of drug-likeness (QED) is 0.520. The summed E-state index contributed by atoms with van der Waals surface area (Å²) in [6.07, 6.45) is 0. The van der Waals surface area contributed by atoms with Crippen LogP contribution < -0.4 is 5.32 Å². The first-order valence-corrected chi connectivity index (χ1v) is 5.20. The van der Waals surface area contributed by atoms with Gasteiger partial charge in [-0.3, -0.25) is 4.79 Å². The number of hydrogen-bond acceptors (Lipinski definition) is 4. The van der Waals surface area contributed by atoms with Crippen LogP contribution in [0.25, 0.3) is 0 Å². The first-order chi connectivity index (χ1) is 7.95. The van der Waals surface area contributed by atoms with Gasteiger partial charge in [0.2, 0.25) is 0 Å². The SMILES string of the molecule is CC(CO)C(C)NC(=O)c1ccc([N+](=O)[O-])[nH]1. The molecule has 1 heterocycles. The van der Waals surface area contributed by atoms with E-state index in [0.29, 0.717) is 0 Å². The molecule has 1 aromatic heterocycles. The van der Waals surface area contributed by atoms with Crippen molar-refractivity contribution in [3.63, 3.8) is 0 Å². The number of H-pyrrole nitrogens is 1. The Balaban J connectivity index is 2.66. The summed E-state index contributed by atoms with van der Waals surface area (Å²) in [6, 6.07) is 2.37. The van der Waals surface area contributed by atoms with Crippen LogP contribution >= 0.6 is 0 Å². The van der Waals surface area contributed by atoms with E-state index in [4.69, 9.17) is 5.11 Å². The molecule has 0 saturated heterocycles. The minimum absolute atomic E-state index is 0.0354. The fraction of sp³-hybridized carbons (Fsp3) is 0.500. The van der Waals surface area contributed by atoms with Crippen molar-refractivity contribution in [2.45, 2.75) is 19.9 Å². The van der Waals surface area contributed by atoms with Gasteiger partial charge in [-0.05, 0) is 23.8 Å². The molecule has 7 nitrogen and oxygen atoms in total. The van der Waals surface area contributed by atoms with Crippen molar-refractivity contribution in [1.82, 2.24) is 10.3 Å². The van der Waals surface area contributed by atoms with Crippen LogP contribution in [-0.4, -0.2) is 33.6 Å². The predicted octanol–water partition coefficient (Wildman–Crippen LogP) is 0.670. The highest BCUT2D eigenvalue weighted by Crippen LogP contribution is 2.10. The van der Waals surface area contributed by atoms with Crippen LogP contribution in [0.3, 0.4) is 0 Å². The topological polar surface area (TPSA) is 108 Å². The van der Waals surface area contributed by atoms with Crippen molar-refractivity contribution in [2.75, 3.05) is 6.61 Å². The van der Waals surface area contributed by atoms with Crippen molar-refractivity contribution in [3.05, 3.63) is 27.9 Å². The van der Waals surface area contributed by atoms with Crippen molar-refractivity contribution in [3.8, 4) is 0 Å². The fourth-order valence-corrected chi connectivity index (χ4v) is 1.21. The van der Waals surface area contributed by atoms with Crippen LogP contribution in [0, 0.1) is 16.0 Å². The first kappa shape index (κ1) is 13.2. The molecule has 0 aliphatic heterocycles. The summed E-state index contributed by atoms with van der Waals surface area (Å²) in [5, 5.41) is 22.0. The van der Waals surface area contributed by atoms with Gasteiger partial charge < -0.3 is 20.5 Å². The van der Waals surface area contributed by atoms with Gasteiger partial charge in [0.25, 0.3) is 5.91 Å². The number of rotatable bonds is 5. The maximum Gasteiger partial charge on any atom is 0.321 e. The standard InChI is InChI=1S/C10H15N3O4/c1-6(5-14)7(2)11-10(15)8-3-4-9(12-8)13(16)17/h3-4,6-7,12,14H,5H2,1-2H3,(H,11,15). The Labute approximate surface area is 98.0 Å². The Kier molecular flexibility index (Phi) is 4.22. The van der Waals surface area contributed by atoms with Crippen LogP contribution in [0.1, 0.15) is 24.3 Å². The van der Waals surface area contributed by atoms with Crippen molar-refractivity contribution in [1.29, 1.82) is 0 Å². The number of aliphatic hydroxyl groups is 1. The van der Waals surface area contributed by atoms with Gasteiger partial charge in [-0.25, -0.2) is 4.98 Å². The Hall–Kier alpha value is -1.89. The lowest BCUT2D eigenvalue weighted by Gasteiger charge is -2.18. The molecule has 0 radical (unpaired) electrons. The van der Waals surface area contributed by atoms with Crippen molar-refractivity contribution >= 4 is 11.7 Å². The lowest BCUT2D eigenvalue weighted by molar-refractivity contribution is -0.389. The predicted molar refractivity (Wildman–Crippen MR) is 60.6 cm³/mol. The minimum Gasteiger partial charge on any atom is -0.396 e. The number of hydrogen-bond donors (Lipinski definition) is 3. The highest BCUT2D eigenvalue weighted by Gasteiger charge is 2.19. The maximum atomic E-state index is 11.7. The maximum absolute atomic E-state index is 11.7. The van der Waals surface area contributed by atoms with E-state index >= 15 is 0 Å². The third-order valence-corrected chi connectivity index (χ3v) is 2.61. The molecule has 0 aliphatic carbocycles. The van der Waals surface area contributed by atoms with E-state index in [9.17, 15) is 14.9 Å². The molecule has 2 unspecified atom stereocenters. The zero-order chi connectivity index (χ0) is 13.0. The molecule has 3 N–H and O–H groups in total. The van der Waals surface area contributed by atoms with Gasteiger partial charge >= 0.3 is 5.82 Å². The van der Waals surface area contributed by atoms with E-state index in [0.717, 1.165) is 0 Å². The molecule has 1 amide bonds. The second kappa shape index (κ2) is 5.44. The number of carbonyl (C=O) groups is 1. The molecule has 1 aromatic rings. The van der Waals surface area contributed by atoms with E-state index in [-0.39, 0.29) is 30.1 Å². The van der Waals surface area contributed by atoms with E-state index in [2.05, 4.69) is 10.3 Å². The summed E-state index contributed by atoms with van der Waals surface area (Å²) in [6.45, 7) is 3.52. The van der Waals surface area contributed by atoms with E-state index in [1.165, 1.54) is 12.1 Å². The molecule has 94 valence electrons. The Bertz CT molecular complexity index is 415. The minimum atomic E-state index is -0.601. The number of carbonyl (C=O) groups excluding carboxylic acids is 1. The van der Waals surface area contributed by atoms with Crippen LogP contribution in [0.15, 0.2) is 12.1 Å². The molecule has 7 heteroatoms. The number of nitrogens with one attached hydrogen (secondary N) is 2. The molecular formula is C10H15N3O4. The molecule has 1 rings (SSSR count). The first-order valence-electron chi connectivity index (χ1n) is 5.20. The summed E-state index contributed by atoms with van der Waals surface area (Å²) in [4.78, 5) is 23.9. The lowest BCUT2D eigenvalue weighted by atomic mass is 10.1. The summed E-state index contributed by atoms with van der Waals surface area (Å²) in [5.41, 5.74) is 0.133. The number of aliphatic hydroxyl groups excluding tert-OH is 1. The largest absolute Gasteiger partial charge is 0.396 e. The van der Waals surface area contributed by atoms with E-state index in [1.807, 2.05) is 0 Å². The third-order valence-electron chi connectivity index (χ3n) is 2.61. The normalized spacial score (nSPS) is 14.1. The van der Waals surface area contributed by atoms with Crippen LogP contribution in [0.4, 0.5) is 5.82 Å². The number of nitro groups is 1. The molecule has 0 saturated carbocycles. The van der Waals surface area contributed by atoms with E-state index < -0.39 is 10.8 Å². The molecule has 0 spiro atoms. The Morgan fingerprint density at radius 2 is 2.24 bits per heavy atom. The van der Waals surface area contributed by atoms with Gasteiger partial charge in [0.1, 0.15) is 0 Å².